The Morgan fingerprint density at radius 1 is 1.03 bits per heavy atom. The Labute approximate surface area is 176 Å². The number of benzene rings is 2. The highest BCUT2D eigenvalue weighted by Gasteiger charge is 2.31. The summed E-state index contributed by atoms with van der Waals surface area (Å²) in [6, 6.07) is 10.8. The highest BCUT2D eigenvalue weighted by atomic mass is 35.5. The topological polar surface area (TPSA) is 71.1 Å². The molecule has 8 heteroatoms. The van der Waals surface area contributed by atoms with Crippen molar-refractivity contribution in [2.45, 2.75) is 18.9 Å². The summed E-state index contributed by atoms with van der Waals surface area (Å²) in [5.41, 5.74) is 1.67. The van der Waals surface area contributed by atoms with Gasteiger partial charge in [-0.2, -0.15) is 0 Å². The predicted molar refractivity (Wildman–Crippen MR) is 109 cm³/mol. The number of aromatic nitrogens is 1. The number of nitrogens with one attached hydrogen (secondary N) is 2. The molecular weight excluding hydrogens is 412 g/mol. The number of fused-ring (bicyclic) bond motifs is 1. The summed E-state index contributed by atoms with van der Waals surface area (Å²) in [5, 5.41) is 5.32. The minimum atomic E-state index is -0.594. The van der Waals surface area contributed by atoms with E-state index in [-0.39, 0.29) is 10.7 Å². The van der Waals surface area contributed by atoms with Gasteiger partial charge in [-0.05, 0) is 60.9 Å². The molecule has 4 rings (SSSR count). The van der Waals surface area contributed by atoms with Crippen LogP contribution in [0.1, 0.15) is 44.4 Å². The van der Waals surface area contributed by atoms with Crippen LogP contribution in [-0.2, 0) is 6.42 Å². The van der Waals surface area contributed by atoms with Crippen LogP contribution >= 0.6 is 11.6 Å². The summed E-state index contributed by atoms with van der Waals surface area (Å²) in [7, 11) is 0. The number of carbonyl (C=O) groups is 2. The number of halogens is 3. The molecule has 0 spiro atoms. The van der Waals surface area contributed by atoms with Gasteiger partial charge in [0.25, 0.3) is 11.8 Å². The highest BCUT2D eigenvalue weighted by Crippen LogP contribution is 2.36. The maximum absolute atomic E-state index is 14.6. The lowest BCUT2D eigenvalue weighted by Crippen LogP contribution is -2.28. The lowest BCUT2D eigenvalue weighted by Gasteiger charge is -2.16. The van der Waals surface area contributed by atoms with Crippen molar-refractivity contribution in [3.8, 4) is 0 Å². The molecule has 0 fully saturated rings. The molecule has 2 aromatic carbocycles. The minimum absolute atomic E-state index is 0.116. The average molecular weight is 428 g/mol. The zero-order chi connectivity index (χ0) is 21.3. The van der Waals surface area contributed by atoms with Crippen molar-refractivity contribution < 1.29 is 18.4 Å². The molecule has 1 atom stereocenters. The third kappa shape index (κ3) is 3.89. The van der Waals surface area contributed by atoms with E-state index in [1.165, 1.54) is 30.5 Å². The quantitative estimate of drug-likeness (QED) is 0.635. The first kappa shape index (κ1) is 20.0. The third-order valence-corrected chi connectivity index (χ3v) is 5.25. The zero-order valence-electron chi connectivity index (χ0n) is 15.6. The fraction of sp³-hybridized carbons (Fsp3) is 0.136. The normalized spacial score (nSPS) is 14.8. The van der Waals surface area contributed by atoms with E-state index in [0.29, 0.717) is 35.2 Å². The Morgan fingerprint density at radius 3 is 2.57 bits per heavy atom. The van der Waals surface area contributed by atoms with Crippen LogP contribution in [0.25, 0.3) is 0 Å². The van der Waals surface area contributed by atoms with E-state index in [4.69, 9.17) is 11.6 Å². The smallest absolute Gasteiger partial charge is 0.270 e. The van der Waals surface area contributed by atoms with Crippen molar-refractivity contribution in [2.24, 2.45) is 0 Å². The molecule has 2 amide bonds. The lowest BCUT2D eigenvalue weighted by molar-refractivity contribution is 0.0930. The van der Waals surface area contributed by atoms with Gasteiger partial charge in [-0.3, -0.25) is 14.6 Å². The molecular formula is C22H16ClF2N3O2. The van der Waals surface area contributed by atoms with Crippen molar-refractivity contribution in [1.29, 1.82) is 0 Å². The molecule has 1 heterocycles. The second-order valence-corrected chi connectivity index (χ2v) is 7.26. The number of rotatable bonds is 4. The molecule has 1 aliphatic rings. The molecule has 1 aromatic heterocycles. The predicted octanol–water partition coefficient (Wildman–Crippen LogP) is 4.68. The van der Waals surface area contributed by atoms with Crippen LogP contribution in [0, 0.1) is 11.6 Å². The molecule has 152 valence electrons. The second-order valence-electron chi connectivity index (χ2n) is 6.85. The molecule has 0 aliphatic heterocycles. The molecule has 30 heavy (non-hydrogen) atoms. The van der Waals surface area contributed by atoms with E-state index in [2.05, 4.69) is 15.6 Å². The molecule has 0 bridgehead atoms. The molecule has 0 saturated heterocycles. The third-order valence-electron chi connectivity index (χ3n) is 4.96. The maximum Gasteiger partial charge on any atom is 0.270 e. The molecule has 0 unspecified atom stereocenters. The summed E-state index contributed by atoms with van der Waals surface area (Å²) in [4.78, 5) is 29.2. The Morgan fingerprint density at radius 2 is 1.83 bits per heavy atom. The molecule has 5 nitrogen and oxygen atoms in total. The van der Waals surface area contributed by atoms with Crippen LogP contribution in [0.5, 0.6) is 0 Å². The van der Waals surface area contributed by atoms with Crippen LogP contribution in [0.3, 0.4) is 0 Å². The number of pyridine rings is 1. The van der Waals surface area contributed by atoms with Gasteiger partial charge in [-0.1, -0.05) is 17.7 Å². The van der Waals surface area contributed by atoms with E-state index in [9.17, 15) is 18.4 Å². The fourth-order valence-corrected chi connectivity index (χ4v) is 3.75. The maximum atomic E-state index is 14.6. The number of amides is 2. The second kappa shape index (κ2) is 8.20. The van der Waals surface area contributed by atoms with Crippen molar-refractivity contribution in [3.05, 3.63) is 93.8 Å². The van der Waals surface area contributed by atoms with E-state index < -0.39 is 29.5 Å². The lowest BCUT2D eigenvalue weighted by atomic mass is 10.0. The van der Waals surface area contributed by atoms with Gasteiger partial charge in [-0.25, -0.2) is 8.78 Å². The van der Waals surface area contributed by atoms with Gasteiger partial charge in [0.15, 0.2) is 0 Å². The first-order chi connectivity index (χ1) is 14.4. The SMILES string of the molecule is O=C(N[C@H]1CCc2c(C(=O)Nc3ccc(F)c(Cl)c3)ccc(F)c21)c1ccccn1. The minimum Gasteiger partial charge on any atom is -0.344 e. The first-order valence-corrected chi connectivity index (χ1v) is 9.61. The van der Waals surface area contributed by atoms with Crippen LogP contribution in [0.15, 0.2) is 54.7 Å². The highest BCUT2D eigenvalue weighted by molar-refractivity contribution is 6.31. The Kier molecular flexibility index (Phi) is 5.46. The number of anilines is 1. The molecule has 3 aromatic rings. The van der Waals surface area contributed by atoms with E-state index in [1.807, 2.05) is 0 Å². The number of carbonyl (C=O) groups excluding carboxylic acids is 2. The van der Waals surface area contributed by atoms with E-state index in [1.54, 1.807) is 18.2 Å². The molecule has 1 aliphatic carbocycles. The monoisotopic (exact) mass is 427 g/mol. The van der Waals surface area contributed by atoms with Crippen LogP contribution < -0.4 is 10.6 Å². The van der Waals surface area contributed by atoms with E-state index >= 15 is 0 Å². The molecule has 0 saturated carbocycles. The van der Waals surface area contributed by atoms with Gasteiger partial charge in [0.2, 0.25) is 0 Å². The Balaban J connectivity index is 1.58. The Bertz CT molecular complexity index is 1140. The molecule has 2 N–H and O–H groups in total. The largest absolute Gasteiger partial charge is 0.344 e. The van der Waals surface area contributed by atoms with Crippen LogP contribution in [0.4, 0.5) is 14.5 Å². The summed E-state index contributed by atoms with van der Waals surface area (Å²) >= 11 is 5.75. The zero-order valence-corrected chi connectivity index (χ0v) is 16.3. The molecule has 0 radical (unpaired) electrons. The van der Waals surface area contributed by atoms with Crippen molar-refractivity contribution in [3.63, 3.8) is 0 Å². The average Bonchev–Trinajstić information content (AvgIpc) is 3.16. The number of hydrogen-bond donors (Lipinski definition) is 2. The van der Waals surface area contributed by atoms with Crippen molar-refractivity contribution in [1.82, 2.24) is 10.3 Å². The summed E-state index contributed by atoms with van der Waals surface area (Å²) in [6.45, 7) is 0. The standard InChI is InChI=1S/C22H16ClF2N3O2/c23-15-11-12(4-7-16(15)24)27-21(29)14-5-8-17(25)20-13(14)6-9-18(20)28-22(30)19-3-1-2-10-26-19/h1-5,7-8,10-11,18H,6,9H2,(H,27,29)(H,28,30)/t18-/m0/s1. The summed E-state index contributed by atoms with van der Waals surface area (Å²) in [6.07, 6.45) is 2.38. The Hall–Kier alpha value is -3.32. The first-order valence-electron chi connectivity index (χ1n) is 9.23. The van der Waals surface area contributed by atoms with Gasteiger partial charge in [-0.15, -0.1) is 0 Å². The van der Waals surface area contributed by atoms with Crippen LogP contribution in [0.2, 0.25) is 5.02 Å². The summed E-state index contributed by atoms with van der Waals surface area (Å²) in [5.74, 6) is -1.96. The van der Waals surface area contributed by atoms with Gasteiger partial charge >= 0.3 is 0 Å². The van der Waals surface area contributed by atoms with Gasteiger partial charge in [0, 0.05) is 23.0 Å². The van der Waals surface area contributed by atoms with Crippen molar-refractivity contribution >= 4 is 29.1 Å². The van der Waals surface area contributed by atoms with Gasteiger partial charge in [0.05, 0.1) is 11.1 Å². The van der Waals surface area contributed by atoms with Crippen molar-refractivity contribution in [2.75, 3.05) is 5.32 Å². The number of hydrogen-bond acceptors (Lipinski definition) is 3. The fourth-order valence-electron chi connectivity index (χ4n) is 3.57. The van der Waals surface area contributed by atoms with E-state index in [0.717, 1.165) is 6.07 Å². The van der Waals surface area contributed by atoms with Gasteiger partial charge in [0.1, 0.15) is 17.3 Å². The summed E-state index contributed by atoms with van der Waals surface area (Å²) < 4.78 is 27.9. The number of nitrogens with zero attached hydrogens (tertiary/aromatic N) is 1. The van der Waals surface area contributed by atoms with Crippen LogP contribution in [-0.4, -0.2) is 16.8 Å². The van der Waals surface area contributed by atoms with Gasteiger partial charge < -0.3 is 10.6 Å².